The van der Waals surface area contributed by atoms with Crippen molar-refractivity contribution in [2.45, 2.75) is 19.4 Å². The van der Waals surface area contributed by atoms with Crippen molar-refractivity contribution in [2.75, 3.05) is 44.2 Å². The molecule has 1 heterocycles. The molecule has 1 aromatic rings. The monoisotopic (exact) mass is 388 g/mol. The van der Waals surface area contributed by atoms with E-state index < -0.39 is 6.10 Å². The number of halogens is 1. The Morgan fingerprint density at radius 2 is 1.93 bits per heavy atom. The molecule has 2 aliphatic rings. The second kappa shape index (κ2) is 9.25. The smallest absolute Gasteiger partial charge is 0.128 e. The van der Waals surface area contributed by atoms with Gasteiger partial charge in [-0.2, -0.15) is 0 Å². The zero-order valence-corrected chi connectivity index (χ0v) is 16.3. The van der Waals surface area contributed by atoms with Crippen LogP contribution in [0.1, 0.15) is 13.3 Å². The van der Waals surface area contributed by atoms with Crippen molar-refractivity contribution >= 4 is 23.2 Å². The van der Waals surface area contributed by atoms with Crippen LogP contribution in [0.3, 0.4) is 0 Å². The number of anilines is 1. The second-order valence-corrected chi connectivity index (χ2v) is 7.39. The van der Waals surface area contributed by atoms with Crippen LogP contribution in [0.4, 0.5) is 5.69 Å². The van der Waals surface area contributed by atoms with E-state index in [4.69, 9.17) is 16.3 Å². The van der Waals surface area contributed by atoms with E-state index in [0.717, 1.165) is 42.5 Å². The SMILES string of the molecule is CC1=CC(=C=O)CC=C1OCC(O)CN1CCN(c2ccc(Cl)cc2)CC1. The summed E-state index contributed by atoms with van der Waals surface area (Å²) in [6.07, 6.45) is 3.63. The number of rotatable bonds is 6. The first-order valence-corrected chi connectivity index (χ1v) is 9.59. The standard InChI is InChI=1S/C21H25ClN2O3/c1-16-12-17(14-25)2-7-21(16)27-15-20(26)13-23-8-10-24(11-9-23)19-5-3-18(22)4-6-19/h3-7,12,20,26H,2,8-11,13,15H2,1H3. The Hall–Kier alpha value is -2.04. The fourth-order valence-corrected chi connectivity index (χ4v) is 3.50. The van der Waals surface area contributed by atoms with Gasteiger partial charge in [0.15, 0.2) is 0 Å². The Morgan fingerprint density at radius 3 is 2.56 bits per heavy atom. The molecule has 1 saturated heterocycles. The van der Waals surface area contributed by atoms with Gasteiger partial charge in [0.25, 0.3) is 0 Å². The van der Waals surface area contributed by atoms with E-state index >= 15 is 0 Å². The fraction of sp³-hybridized carbons (Fsp3) is 0.429. The number of piperazine rings is 1. The first-order valence-electron chi connectivity index (χ1n) is 9.21. The Bertz CT molecular complexity index is 758. The van der Waals surface area contributed by atoms with E-state index in [1.807, 2.05) is 43.2 Å². The molecule has 1 N–H and O–H groups in total. The van der Waals surface area contributed by atoms with Crippen LogP contribution in [0.25, 0.3) is 0 Å². The van der Waals surface area contributed by atoms with E-state index in [1.165, 1.54) is 5.69 Å². The molecule has 1 aliphatic heterocycles. The minimum Gasteiger partial charge on any atom is -0.491 e. The van der Waals surface area contributed by atoms with Crippen LogP contribution in [-0.4, -0.2) is 61.4 Å². The molecule has 0 aromatic heterocycles. The van der Waals surface area contributed by atoms with Crippen LogP contribution in [0.5, 0.6) is 0 Å². The normalized spacial score (nSPS) is 19.2. The molecule has 0 spiro atoms. The van der Waals surface area contributed by atoms with Gasteiger partial charge in [-0.05, 0) is 48.9 Å². The van der Waals surface area contributed by atoms with Crippen molar-refractivity contribution in [3.05, 3.63) is 58.3 Å². The van der Waals surface area contributed by atoms with Crippen LogP contribution in [0, 0.1) is 0 Å². The first-order chi connectivity index (χ1) is 13.0. The van der Waals surface area contributed by atoms with Crippen LogP contribution >= 0.6 is 11.6 Å². The summed E-state index contributed by atoms with van der Waals surface area (Å²) < 4.78 is 5.74. The number of hydrogen-bond donors (Lipinski definition) is 1. The molecule has 0 bridgehead atoms. The average molecular weight is 389 g/mol. The molecule has 144 valence electrons. The Morgan fingerprint density at radius 1 is 1.22 bits per heavy atom. The lowest BCUT2D eigenvalue weighted by molar-refractivity contribution is 0.0432. The van der Waals surface area contributed by atoms with Crippen molar-refractivity contribution in [3.8, 4) is 0 Å². The average Bonchev–Trinajstić information content (AvgIpc) is 2.68. The van der Waals surface area contributed by atoms with Gasteiger partial charge in [-0.15, -0.1) is 0 Å². The van der Waals surface area contributed by atoms with E-state index in [-0.39, 0.29) is 6.61 Å². The zero-order chi connectivity index (χ0) is 19.2. The quantitative estimate of drug-likeness (QED) is 0.759. The lowest BCUT2D eigenvalue weighted by Gasteiger charge is -2.37. The summed E-state index contributed by atoms with van der Waals surface area (Å²) in [6, 6.07) is 7.91. The van der Waals surface area contributed by atoms with Crippen LogP contribution in [-0.2, 0) is 9.53 Å². The summed E-state index contributed by atoms with van der Waals surface area (Å²) in [7, 11) is 0. The molecule has 5 nitrogen and oxygen atoms in total. The summed E-state index contributed by atoms with van der Waals surface area (Å²) >= 11 is 5.95. The van der Waals surface area contributed by atoms with Crippen LogP contribution in [0.2, 0.25) is 5.02 Å². The highest BCUT2D eigenvalue weighted by molar-refractivity contribution is 6.30. The maximum absolute atomic E-state index is 10.7. The largest absolute Gasteiger partial charge is 0.491 e. The molecular formula is C21H25ClN2O3. The van der Waals surface area contributed by atoms with Gasteiger partial charge in [0.05, 0.1) is 0 Å². The molecule has 0 saturated carbocycles. The minimum atomic E-state index is -0.552. The molecule has 3 rings (SSSR count). The van der Waals surface area contributed by atoms with Gasteiger partial charge in [0.2, 0.25) is 0 Å². The highest BCUT2D eigenvalue weighted by atomic mass is 35.5. The number of ether oxygens (including phenoxy) is 1. The third-order valence-electron chi connectivity index (χ3n) is 4.88. The third-order valence-corrected chi connectivity index (χ3v) is 5.13. The summed E-state index contributed by atoms with van der Waals surface area (Å²) in [5, 5.41) is 11.1. The second-order valence-electron chi connectivity index (χ2n) is 6.96. The minimum absolute atomic E-state index is 0.245. The Labute approximate surface area is 165 Å². The van der Waals surface area contributed by atoms with E-state index in [1.54, 1.807) is 6.08 Å². The van der Waals surface area contributed by atoms with Gasteiger partial charge in [-0.1, -0.05) is 11.6 Å². The summed E-state index contributed by atoms with van der Waals surface area (Å²) in [6.45, 7) is 6.36. The molecule has 1 aliphatic carbocycles. The molecule has 0 amide bonds. The maximum Gasteiger partial charge on any atom is 0.128 e. The molecule has 1 atom stereocenters. The van der Waals surface area contributed by atoms with Crippen LogP contribution < -0.4 is 4.90 Å². The molecule has 27 heavy (non-hydrogen) atoms. The van der Waals surface area contributed by atoms with Gasteiger partial charge in [0.1, 0.15) is 24.4 Å². The van der Waals surface area contributed by atoms with E-state index in [0.29, 0.717) is 18.5 Å². The molecule has 0 radical (unpaired) electrons. The van der Waals surface area contributed by atoms with Gasteiger partial charge in [-0.25, -0.2) is 4.79 Å². The number of aliphatic hydroxyl groups excluding tert-OH is 1. The highest BCUT2D eigenvalue weighted by Crippen LogP contribution is 2.22. The number of benzene rings is 1. The van der Waals surface area contributed by atoms with Crippen LogP contribution in [0.15, 0.2) is 53.3 Å². The number of β-amino-alcohol motifs (C(OH)–C–C–N with tert-alkyl or cyclic N) is 1. The van der Waals surface area contributed by atoms with Crippen molar-refractivity contribution < 1.29 is 14.6 Å². The zero-order valence-electron chi connectivity index (χ0n) is 15.5. The van der Waals surface area contributed by atoms with Crippen molar-refractivity contribution in [2.24, 2.45) is 0 Å². The van der Waals surface area contributed by atoms with Gasteiger partial charge in [-0.3, -0.25) is 4.90 Å². The lowest BCUT2D eigenvalue weighted by atomic mass is 10.0. The number of nitrogens with zero attached hydrogens (tertiary/aromatic N) is 2. The lowest BCUT2D eigenvalue weighted by Crippen LogP contribution is -2.49. The first kappa shape index (κ1) is 19.7. The van der Waals surface area contributed by atoms with Crippen molar-refractivity contribution in [1.29, 1.82) is 0 Å². The topological polar surface area (TPSA) is 53.0 Å². The number of aliphatic hydroxyl groups is 1. The Balaban J connectivity index is 1.41. The summed E-state index contributed by atoms with van der Waals surface area (Å²) in [5.74, 6) is 2.65. The highest BCUT2D eigenvalue weighted by Gasteiger charge is 2.20. The number of allylic oxidation sites excluding steroid dienone is 4. The van der Waals surface area contributed by atoms with Crippen molar-refractivity contribution in [1.82, 2.24) is 4.90 Å². The predicted molar refractivity (Wildman–Crippen MR) is 108 cm³/mol. The number of hydrogen-bond acceptors (Lipinski definition) is 5. The Kier molecular flexibility index (Phi) is 6.75. The molecule has 1 fully saturated rings. The van der Waals surface area contributed by atoms with Crippen molar-refractivity contribution in [3.63, 3.8) is 0 Å². The van der Waals surface area contributed by atoms with Gasteiger partial charge >= 0.3 is 0 Å². The van der Waals surface area contributed by atoms with E-state index in [2.05, 4.69) is 9.80 Å². The van der Waals surface area contributed by atoms with Gasteiger partial charge in [0, 0.05) is 55.4 Å². The molecule has 1 aromatic carbocycles. The third kappa shape index (κ3) is 5.47. The fourth-order valence-electron chi connectivity index (χ4n) is 3.38. The summed E-state index contributed by atoms with van der Waals surface area (Å²) in [4.78, 5) is 15.3. The maximum atomic E-state index is 10.7. The van der Waals surface area contributed by atoms with E-state index in [9.17, 15) is 9.90 Å². The van der Waals surface area contributed by atoms with Gasteiger partial charge < -0.3 is 14.7 Å². The molecular weight excluding hydrogens is 364 g/mol. The molecule has 6 heteroatoms. The predicted octanol–water partition coefficient (Wildman–Crippen LogP) is 2.83. The number of carbonyl (C=O) groups excluding carboxylic acids is 1. The molecule has 1 unspecified atom stereocenters. The summed E-state index contributed by atoms with van der Waals surface area (Å²) in [5.41, 5.74) is 2.69.